The first-order valence-corrected chi connectivity index (χ1v) is 6.93. The lowest BCUT2D eigenvalue weighted by atomic mass is 10.1. The van der Waals surface area contributed by atoms with Gasteiger partial charge in [-0.2, -0.15) is 0 Å². The zero-order chi connectivity index (χ0) is 15.2. The molecule has 1 heterocycles. The number of carbonyl (C=O) groups is 2. The standard InChI is InChI=1S/C15H19NO5/c17-12-3-1-2-11(8-12)9-14(18)16-6-4-13(5-7-16)21-10-15(19)20/h1-3,8,13,17H,4-7,9-10H2,(H,19,20). The highest BCUT2D eigenvalue weighted by Crippen LogP contribution is 2.16. The number of aliphatic carboxylic acids is 1. The molecule has 6 heteroatoms. The van der Waals surface area contributed by atoms with Gasteiger partial charge in [0.05, 0.1) is 12.5 Å². The maximum atomic E-state index is 12.2. The lowest BCUT2D eigenvalue weighted by molar-refractivity contribution is -0.146. The van der Waals surface area contributed by atoms with E-state index >= 15 is 0 Å². The summed E-state index contributed by atoms with van der Waals surface area (Å²) in [5.74, 6) is -0.809. The van der Waals surface area contributed by atoms with E-state index in [-0.39, 0.29) is 30.8 Å². The van der Waals surface area contributed by atoms with Crippen molar-refractivity contribution in [2.45, 2.75) is 25.4 Å². The first-order chi connectivity index (χ1) is 10.0. The lowest BCUT2D eigenvalue weighted by Crippen LogP contribution is -2.41. The molecule has 1 aromatic rings. The number of benzene rings is 1. The number of phenols is 1. The molecule has 0 atom stereocenters. The number of ether oxygens (including phenoxy) is 1. The van der Waals surface area contributed by atoms with Crippen molar-refractivity contribution in [3.63, 3.8) is 0 Å². The fourth-order valence-electron chi connectivity index (χ4n) is 2.41. The normalized spacial score (nSPS) is 15.9. The van der Waals surface area contributed by atoms with Crippen LogP contribution in [0.2, 0.25) is 0 Å². The third-order valence-corrected chi connectivity index (χ3v) is 3.50. The zero-order valence-corrected chi connectivity index (χ0v) is 11.7. The second-order valence-corrected chi connectivity index (χ2v) is 5.13. The van der Waals surface area contributed by atoms with E-state index in [4.69, 9.17) is 9.84 Å². The van der Waals surface area contributed by atoms with Gasteiger partial charge >= 0.3 is 5.97 Å². The van der Waals surface area contributed by atoms with Gasteiger partial charge < -0.3 is 19.8 Å². The molecule has 1 fully saturated rings. The number of carboxylic acids is 1. The summed E-state index contributed by atoms with van der Waals surface area (Å²) in [4.78, 5) is 24.4. The van der Waals surface area contributed by atoms with Crippen LogP contribution in [-0.2, 0) is 20.7 Å². The molecular weight excluding hydrogens is 274 g/mol. The van der Waals surface area contributed by atoms with E-state index in [9.17, 15) is 14.7 Å². The summed E-state index contributed by atoms with van der Waals surface area (Å²) in [6.07, 6.45) is 1.47. The molecule has 1 aromatic carbocycles. The van der Waals surface area contributed by atoms with Gasteiger partial charge in [0.15, 0.2) is 0 Å². The zero-order valence-electron chi connectivity index (χ0n) is 11.7. The van der Waals surface area contributed by atoms with Crippen molar-refractivity contribution >= 4 is 11.9 Å². The van der Waals surface area contributed by atoms with Crippen LogP contribution in [-0.4, -0.2) is 52.8 Å². The highest BCUT2D eigenvalue weighted by atomic mass is 16.5. The van der Waals surface area contributed by atoms with Crippen LogP contribution in [0.15, 0.2) is 24.3 Å². The molecule has 0 radical (unpaired) electrons. The number of carboxylic acid groups (broad SMARTS) is 1. The smallest absolute Gasteiger partial charge is 0.329 e. The van der Waals surface area contributed by atoms with Gasteiger partial charge in [0.1, 0.15) is 12.4 Å². The molecule has 21 heavy (non-hydrogen) atoms. The number of phenolic OH excluding ortho intramolecular Hbond substituents is 1. The first-order valence-electron chi connectivity index (χ1n) is 6.93. The predicted molar refractivity (Wildman–Crippen MR) is 75.0 cm³/mol. The highest BCUT2D eigenvalue weighted by molar-refractivity contribution is 5.79. The number of aromatic hydroxyl groups is 1. The Bertz CT molecular complexity index is 509. The second-order valence-electron chi connectivity index (χ2n) is 5.13. The number of rotatable bonds is 5. The average molecular weight is 293 g/mol. The van der Waals surface area contributed by atoms with E-state index in [0.29, 0.717) is 25.9 Å². The maximum Gasteiger partial charge on any atom is 0.329 e. The van der Waals surface area contributed by atoms with Crippen molar-refractivity contribution < 1.29 is 24.5 Å². The van der Waals surface area contributed by atoms with E-state index in [1.807, 2.05) is 0 Å². The van der Waals surface area contributed by atoms with Crippen LogP contribution in [0.3, 0.4) is 0 Å². The van der Waals surface area contributed by atoms with Crippen molar-refractivity contribution in [3.8, 4) is 5.75 Å². The van der Waals surface area contributed by atoms with Gasteiger partial charge in [-0.15, -0.1) is 0 Å². The van der Waals surface area contributed by atoms with E-state index in [1.165, 1.54) is 0 Å². The minimum absolute atomic E-state index is 0.0114. The van der Waals surface area contributed by atoms with Crippen molar-refractivity contribution in [1.82, 2.24) is 4.90 Å². The fourth-order valence-corrected chi connectivity index (χ4v) is 2.41. The maximum absolute atomic E-state index is 12.2. The minimum atomic E-state index is -0.975. The molecule has 0 bridgehead atoms. The molecule has 0 saturated carbocycles. The predicted octanol–water partition coefficient (Wildman–Crippen LogP) is 1.03. The van der Waals surface area contributed by atoms with Crippen LogP contribution >= 0.6 is 0 Å². The van der Waals surface area contributed by atoms with Crippen molar-refractivity contribution in [1.29, 1.82) is 0 Å². The molecule has 6 nitrogen and oxygen atoms in total. The quantitative estimate of drug-likeness (QED) is 0.846. The summed E-state index contributed by atoms with van der Waals surface area (Å²) in [7, 11) is 0. The Morgan fingerprint density at radius 1 is 1.29 bits per heavy atom. The monoisotopic (exact) mass is 293 g/mol. The summed E-state index contributed by atoms with van der Waals surface area (Å²) < 4.78 is 5.24. The van der Waals surface area contributed by atoms with Gasteiger partial charge in [0.25, 0.3) is 0 Å². The number of hydrogen-bond donors (Lipinski definition) is 2. The largest absolute Gasteiger partial charge is 0.508 e. The Kier molecular flexibility index (Phi) is 5.16. The van der Waals surface area contributed by atoms with E-state index in [2.05, 4.69) is 0 Å². The van der Waals surface area contributed by atoms with E-state index in [1.54, 1.807) is 29.2 Å². The second kappa shape index (κ2) is 7.08. The summed E-state index contributed by atoms with van der Waals surface area (Å²) in [6.45, 7) is 0.853. The van der Waals surface area contributed by atoms with Crippen LogP contribution in [0, 0.1) is 0 Å². The van der Waals surface area contributed by atoms with Crippen LogP contribution in [0.4, 0.5) is 0 Å². The number of nitrogens with zero attached hydrogens (tertiary/aromatic N) is 1. The van der Waals surface area contributed by atoms with Crippen LogP contribution in [0.1, 0.15) is 18.4 Å². The molecular formula is C15H19NO5. The molecule has 1 amide bonds. The van der Waals surface area contributed by atoms with Gasteiger partial charge in [-0.1, -0.05) is 12.1 Å². The molecule has 0 spiro atoms. The highest BCUT2D eigenvalue weighted by Gasteiger charge is 2.23. The van der Waals surface area contributed by atoms with Crippen molar-refractivity contribution in [2.24, 2.45) is 0 Å². The summed E-state index contributed by atoms with van der Waals surface area (Å²) >= 11 is 0. The van der Waals surface area contributed by atoms with Crippen LogP contribution in [0.5, 0.6) is 5.75 Å². The molecule has 2 N–H and O–H groups in total. The molecule has 1 aliphatic rings. The number of piperidine rings is 1. The topological polar surface area (TPSA) is 87.1 Å². The van der Waals surface area contributed by atoms with Gasteiger partial charge in [0.2, 0.25) is 5.91 Å². The van der Waals surface area contributed by atoms with E-state index < -0.39 is 5.97 Å². The van der Waals surface area contributed by atoms with Crippen LogP contribution in [0.25, 0.3) is 0 Å². The Morgan fingerprint density at radius 3 is 2.62 bits per heavy atom. The molecule has 1 saturated heterocycles. The Hall–Kier alpha value is -2.08. The van der Waals surface area contributed by atoms with Crippen molar-refractivity contribution in [2.75, 3.05) is 19.7 Å². The molecule has 0 aromatic heterocycles. The summed E-state index contributed by atoms with van der Waals surface area (Å²) in [5, 5.41) is 17.9. The van der Waals surface area contributed by atoms with E-state index in [0.717, 1.165) is 5.56 Å². The molecule has 0 unspecified atom stereocenters. The van der Waals surface area contributed by atoms with Gasteiger partial charge in [-0.25, -0.2) is 4.79 Å². The van der Waals surface area contributed by atoms with Gasteiger partial charge in [-0.05, 0) is 30.5 Å². The summed E-state index contributed by atoms with van der Waals surface area (Å²) in [6, 6.07) is 6.67. The SMILES string of the molecule is O=C(O)COC1CCN(C(=O)Cc2cccc(O)c2)CC1. The average Bonchev–Trinajstić information content (AvgIpc) is 2.45. The first kappa shape index (κ1) is 15.3. The number of amides is 1. The summed E-state index contributed by atoms with van der Waals surface area (Å²) in [5.41, 5.74) is 0.782. The van der Waals surface area contributed by atoms with Crippen molar-refractivity contribution in [3.05, 3.63) is 29.8 Å². The van der Waals surface area contributed by atoms with Gasteiger partial charge in [-0.3, -0.25) is 4.79 Å². The Balaban J connectivity index is 1.79. The molecule has 0 aliphatic carbocycles. The Morgan fingerprint density at radius 2 is 2.00 bits per heavy atom. The fraction of sp³-hybridized carbons (Fsp3) is 0.467. The molecule has 114 valence electrons. The Labute approximate surface area is 122 Å². The number of likely N-dealkylation sites (tertiary alicyclic amines) is 1. The number of carbonyl (C=O) groups excluding carboxylic acids is 1. The molecule has 1 aliphatic heterocycles. The lowest BCUT2D eigenvalue weighted by Gasteiger charge is -2.31. The van der Waals surface area contributed by atoms with Gasteiger partial charge in [0, 0.05) is 13.1 Å². The third kappa shape index (κ3) is 4.75. The van der Waals surface area contributed by atoms with Crippen LogP contribution < -0.4 is 0 Å². The number of hydrogen-bond acceptors (Lipinski definition) is 4. The minimum Gasteiger partial charge on any atom is -0.508 e. The molecule has 2 rings (SSSR count). The third-order valence-electron chi connectivity index (χ3n) is 3.50.